The Morgan fingerprint density at radius 1 is 1.28 bits per heavy atom. The molecule has 0 amide bonds. The SMILES string of the molecule is CC(N)c1cncn1-c1ccc(OC(F)F)cc1. The van der Waals surface area contributed by atoms with Crippen LogP contribution in [0.1, 0.15) is 18.7 Å². The third kappa shape index (κ3) is 2.65. The number of halogens is 2. The normalized spacial score (nSPS) is 12.7. The molecule has 1 atom stereocenters. The van der Waals surface area contributed by atoms with Crippen molar-refractivity contribution in [2.45, 2.75) is 19.6 Å². The maximum Gasteiger partial charge on any atom is 0.387 e. The van der Waals surface area contributed by atoms with Crippen LogP contribution in [0, 0.1) is 0 Å². The average Bonchev–Trinajstić information content (AvgIpc) is 2.78. The Morgan fingerprint density at radius 3 is 2.50 bits per heavy atom. The molecule has 6 heteroatoms. The molecule has 0 saturated heterocycles. The highest BCUT2D eigenvalue weighted by atomic mass is 19.3. The number of hydrogen-bond donors (Lipinski definition) is 1. The van der Waals surface area contributed by atoms with Crippen LogP contribution in [0.4, 0.5) is 8.78 Å². The zero-order chi connectivity index (χ0) is 13.1. The van der Waals surface area contributed by atoms with E-state index in [1.165, 1.54) is 12.1 Å². The zero-order valence-corrected chi connectivity index (χ0v) is 9.75. The van der Waals surface area contributed by atoms with E-state index in [4.69, 9.17) is 5.73 Å². The number of hydrogen-bond acceptors (Lipinski definition) is 3. The molecule has 0 fully saturated rings. The van der Waals surface area contributed by atoms with Gasteiger partial charge in [0, 0.05) is 11.7 Å². The number of aromatic nitrogens is 2. The summed E-state index contributed by atoms with van der Waals surface area (Å²) < 4.78 is 30.1. The van der Waals surface area contributed by atoms with Crippen LogP contribution in [0.3, 0.4) is 0 Å². The van der Waals surface area contributed by atoms with Gasteiger partial charge < -0.3 is 15.0 Å². The summed E-state index contributed by atoms with van der Waals surface area (Å²) in [7, 11) is 0. The number of nitrogens with two attached hydrogens (primary N) is 1. The lowest BCUT2D eigenvalue weighted by atomic mass is 10.2. The first-order valence-corrected chi connectivity index (χ1v) is 5.41. The van der Waals surface area contributed by atoms with Crippen molar-refractivity contribution in [3.05, 3.63) is 42.5 Å². The minimum atomic E-state index is -2.82. The molecule has 2 N–H and O–H groups in total. The fraction of sp³-hybridized carbons (Fsp3) is 0.250. The Morgan fingerprint density at radius 2 is 1.94 bits per heavy atom. The summed E-state index contributed by atoms with van der Waals surface area (Å²) in [6.45, 7) is -0.967. The molecule has 2 rings (SSSR count). The first-order valence-electron chi connectivity index (χ1n) is 5.41. The smallest absolute Gasteiger partial charge is 0.387 e. The van der Waals surface area contributed by atoms with Gasteiger partial charge in [0.05, 0.1) is 18.2 Å². The molecule has 0 aliphatic heterocycles. The van der Waals surface area contributed by atoms with Crippen molar-refractivity contribution in [1.82, 2.24) is 9.55 Å². The predicted molar refractivity (Wildman–Crippen MR) is 62.8 cm³/mol. The highest BCUT2D eigenvalue weighted by Gasteiger charge is 2.09. The Kier molecular flexibility index (Phi) is 3.57. The molecule has 18 heavy (non-hydrogen) atoms. The summed E-state index contributed by atoms with van der Waals surface area (Å²) in [4.78, 5) is 4.02. The van der Waals surface area contributed by atoms with E-state index in [9.17, 15) is 8.78 Å². The van der Waals surface area contributed by atoms with Gasteiger partial charge in [0.15, 0.2) is 0 Å². The molecule has 0 aliphatic carbocycles. The van der Waals surface area contributed by atoms with E-state index in [1.807, 2.05) is 6.92 Å². The highest BCUT2D eigenvalue weighted by molar-refractivity contribution is 5.39. The molecule has 2 aromatic rings. The van der Waals surface area contributed by atoms with Gasteiger partial charge in [-0.15, -0.1) is 0 Å². The number of ether oxygens (including phenoxy) is 1. The molecule has 1 heterocycles. The minimum Gasteiger partial charge on any atom is -0.435 e. The molecule has 1 aromatic heterocycles. The monoisotopic (exact) mass is 253 g/mol. The van der Waals surface area contributed by atoms with Crippen LogP contribution in [0.25, 0.3) is 5.69 Å². The Balaban J connectivity index is 2.26. The molecular formula is C12H13F2N3O. The Hall–Kier alpha value is -1.95. The summed E-state index contributed by atoms with van der Waals surface area (Å²) >= 11 is 0. The minimum absolute atomic E-state index is 0.121. The van der Waals surface area contributed by atoms with Crippen LogP contribution in [-0.4, -0.2) is 16.2 Å². The average molecular weight is 253 g/mol. The lowest BCUT2D eigenvalue weighted by molar-refractivity contribution is -0.0498. The van der Waals surface area contributed by atoms with Crippen molar-refractivity contribution in [1.29, 1.82) is 0 Å². The standard InChI is InChI=1S/C12H13F2N3O/c1-8(15)11-6-16-7-17(11)9-2-4-10(5-3-9)18-12(13)14/h2-8,12H,15H2,1H3. The van der Waals surface area contributed by atoms with Crippen molar-refractivity contribution in [3.8, 4) is 11.4 Å². The molecule has 0 aliphatic rings. The lowest BCUT2D eigenvalue weighted by Gasteiger charge is -2.11. The van der Waals surface area contributed by atoms with Gasteiger partial charge >= 0.3 is 6.61 Å². The largest absolute Gasteiger partial charge is 0.435 e. The van der Waals surface area contributed by atoms with Crippen molar-refractivity contribution in [2.75, 3.05) is 0 Å². The molecule has 4 nitrogen and oxygen atoms in total. The quantitative estimate of drug-likeness (QED) is 0.910. The van der Waals surface area contributed by atoms with Crippen LogP contribution in [0.5, 0.6) is 5.75 Å². The number of imidazole rings is 1. The third-order valence-corrected chi connectivity index (χ3v) is 2.47. The van der Waals surface area contributed by atoms with Crippen molar-refractivity contribution in [3.63, 3.8) is 0 Å². The van der Waals surface area contributed by atoms with Gasteiger partial charge in [0.2, 0.25) is 0 Å². The van der Waals surface area contributed by atoms with Crippen molar-refractivity contribution < 1.29 is 13.5 Å². The van der Waals surface area contributed by atoms with Gasteiger partial charge in [-0.3, -0.25) is 0 Å². The van der Waals surface area contributed by atoms with Gasteiger partial charge in [0.1, 0.15) is 5.75 Å². The second-order valence-corrected chi connectivity index (χ2v) is 3.85. The van der Waals surface area contributed by atoms with Gasteiger partial charge in [-0.05, 0) is 31.2 Å². The van der Waals surface area contributed by atoms with E-state index < -0.39 is 6.61 Å². The molecule has 0 bridgehead atoms. The van der Waals surface area contributed by atoms with E-state index >= 15 is 0 Å². The maximum absolute atomic E-state index is 12.0. The Bertz CT molecular complexity index is 508. The second-order valence-electron chi connectivity index (χ2n) is 3.85. The van der Waals surface area contributed by atoms with Crippen LogP contribution >= 0.6 is 0 Å². The van der Waals surface area contributed by atoms with Crippen molar-refractivity contribution in [2.24, 2.45) is 5.73 Å². The number of rotatable bonds is 4. The second kappa shape index (κ2) is 5.14. The summed E-state index contributed by atoms with van der Waals surface area (Å²) in [6, 6.07) is 6.14. The lowest BCUT2D eigenvalue weighted by Crippen LogP contribution is -2.10. The summed E-state index contributed by atoms with van der Waals surface area (Å²) in [5.74, 6) is 0.121. The number of benzene rings is 1. The molecule has 1 unspecified atom stereocenters. The summed E-state index contributed by atoms with van der Waals surface area (Å²) in [5.41, 5.74) is 7.45. The van der Waals surface area contributed by atoms with Crippen LogP contribution in [0.2, 0.25) is 0 Å². The van der Waals surface area contributed by atoms with Crippen LogP contribution in [0.15, 0.2) is 36.8 Å². The first kappa shape index (κ1) is 12.5. The van der Waals surface area contributed by atoms with Crippen molar-refractivity contribution >= 4 is 0 Å². The van der Waals surface area contributed by atoms with E-state index in [0.29, 0.717) is 0 Å². The predicted octanol–water partition coefficient (Wildman–Crippen LogP) is 2.49. The number of alkyl halides is 2. The molecule has 0 radical (unpaired) electrons. The van der Waals surface area contributed by atoms with Gasteiger partial charge in [-0.25, -0.2) is 4.98 Å². The highest BCUT2D eigenvalue weighted by Crippen LogP contribution is 2.20. The zero-order valence-electron chi connectivity index (χ0n) is 9.75. The molecule has 1 aromatic carbocycles. The van der Waals surface area contributed by atoms with Gasteiger partial charge in [0.25, 0.3) is 0 Å². The van der Waals surface area contributed by atoms with Crippen LogP contribution in [-0.2, 0) is 0 Å². The first-order chi connectivity index (χ1) is 8.58. The van der Waals surface area contributed by atoms with Gasteiger partial charge in [-0.1, -0.05) is 0 Å². The summed E-state index contributed by atoms with van der Waals surface area (Å²) in [5, 5.41) is 0. The molecular weight excluding hydrogens is 240 g/mol. The third-order valence-electron chi connectivity index (χ3n) is 2.47. The fourth-order valence-corrected chi connectivity index (χ4v) is 1.65. The van der Waals surface area contributed by atoms with E-state index in [-0.39, 0.29) is 11.8 Å². The van der Waals surface area contributed by atoms with E-state index in [0.717, 1.165) is 11.4 Å². The topological polar surface area (TPSA) is 53.1 Å². The Labute approximate surface area is 103 Å². The van der Waals surface area contributed by atoms with E-state index in [1.54, 1.807) is 29.2 Å². The maximum atomic E-state index is 12.0. The van der Waals surface area contributed by atoms with Crippen LogP contribution < -0.4 is 10.5 Å². The molecule has 96 valence electrons. The fourth-order valence-electron chi connectivity index (χ4n) is 1.65. The number of nitrogens with zero attached hydrogens (tertiary/aromatic N) is 2. The van der Waals surface area contributed by atoms with E-state index in [2.05, 4.69) is 9.72 Å². The molecule has 0 saturated carbocycles. The summed E-state index contributed by atoms with van der Waals surface area (Å²) in [6.07, 6.45) is 3.30. The van der Waals surface area contributed by atoms with Gasteiger partial charge in [-0.2, -0.15) is 8.78 Å². The molecule has 0 spiro atoms.